The number of methoxy groups -OCH3 is 1. The molecule has 8 heteroatoms. The SMILES string of the molecule is COc1ccc(CN2CCC3(CC2)NC(=O)N(C)C3=O)cc1OCc1ccccn1. The molecule has 0 saturated carbocycles. The van der Waals surface area contributed by atoms with Gasteiger partial charge in [-0.15, -0.1) is 0 Å². The Hall–Kier alpha value is -3.13. The van der Waals surface area contributed by atoms with Gasteiger partial charge in [-0.05, 0) is 42.7 Å². The maximum absolute atomic E-state index is 12.5. The number of hydrogen-bond donors (Lipinski definition) is 1. The molecule has 2 aliphatic rings. The van der Waals surface area contributed by atoms with Crippen LogP contribution in [-0.2, 0) is 17.9 Å². The van der Waals surface area contributed by atoms with Crippen molar-refractivity contribution in [1.82, 2.24) is 20.1 Å². The van der Waals surface area contributed by atoms with E-state index < -0.39 is 5.54 Å². The first-order chi connectivity index (χ1) is 14.5. The molecule has 0 bridgehead atoms. The van der Waals surface area contributed by atoms with Crippen LogP contribution in [0.5, 0.6) is 11.5 Å². The lowest BCUT2D eigenvalue weighted by Crippen LogP contribution is -2.54. The number of carbonyl (C=O) groups excluding carboxylic acids is 2. The van der Waals surface area contributed by atoms with Gasteiger partial charge in [0.25, 0.3) is 5.91 Å². The van der Waals surface area contributed by atoms with Gasteiger partial charge in [0, 0.05) is 32.9 Å². The van der Waals surface area contributed by atoms with Crippen LogP contribution in [-0.4, -0.2) is 59.5 Å². The van der Waals surface area contributed by atoms with Gasteiger partial charge in [-0.3, -0.25) is 19.6 Å². The Balaban J connectivity index is 1.39. The Kier molecular flexibility index (Phi) is 5.59. The summed E-state index contributed by atoms with van der Waals surface area (Å²) in [6.45, 7) is 2.56. The summed E-state index contributed by atoms with van der Waals surface area (Å²) in [5, 5.41) is 2.88. The topological polar surface area (TPSA) is 84.0 Å². The summed E-state index contributed by atoms with van der Waals surface area (Å²) in [7, 11) is 3.15. The number of hydrogen-bond acceptors (Lipinski definition) is 6. The first-order valence-electron chi connectivity index (χ1n) is 10.0. The van der Waals surface area contributed by atoms with Crippen molar-refractivity contribution < 1.29 is 19.1 Å². The third-order valence-corrected chi connectivity index (χ3v) is 5.81. The standard InChI is InChI=1S/C22H26N4O4/c1-25-20(27)22(24-21(25)28)8-11-26(12-9-22)14-16-6-7-18(29-2)19(13-16)30-15-17-5-3-4-10-23-17/h3-7,10,13H,8-9,11-12,14-15H2,1-2H3,(H,24,28). The molecule has 3 heterocycles. The third-order valence-electron chi connectivity index (χ3n) is 5.81. The predicted octanol–water partition coefficient (Wildman–Crippen LogP) is 2.19. The summed E-state index contributed by atoms with van der Waals surface area (Å²) < 4.78 is 11.4. The smallest absolute Gasteiger partial charge is 0.324 e. The number of nitrogens with zero attached hydrogens (tertiary/aromatic N) is 3. The number of piperidine rings is 1. The molecule has 0 atom stereocenters. The fourth-order valence-electron chi connectivity index (χ4n) is 4.01. The van der Waals surface area contributed by atoms with E-state index in [4.69, 9.17) is 9.47 Å². The zero-order valence-electron chi connectivity index (χ0n) is 17.3. The van der Waals surface area contributed by atoms with Gasteiger partial charge in [0.1, 0.15) is 12.1 Å². The molecule has 1 spiro atoms. The largest absolute Gasteiger partial charge is 0.493 e. The fourth-order valence-corrected chi connectivity index (χ4v) is 4.01. The van der Waals surface area contributed by atoms with Crippen molar-refractivity contribution in [1.29, 1.82) is 0 Å². The molecule has 0 radical (unpaired) electrons. The molecule has 158 valence electrons. The van der Waals surface area contributed by atoms with Crippen molar-refractivity contribution in [3.05, 3.63) is 53.9 Å². The van der Waals surface area contributed by atoms with Gasteiger partial charge in [0.15, 0.2) is 11.5 Å². The molecule has 30 heavy (non-hydrogen) atoms. The molecule has 2 aliphatic heterocycles. The molecule has 2 fully saturated rings. The average Bonchev–Trinajstić information content (AvgIpc) is 2.98. The van der Waals surface area contributed by atoms with Crippen LogP contribution in [0.2, 0.25) is 0 Å². The van der Waals surface area contributed by atoms with Gasteiger partial charge in [-0.2, -0.15) is 0 Å². The van der Waals surface area contributed by atoms with Crippen molar-refractivity contribution >= 4 is 11.9 Å². The quantitative estimate of drug-likeness (QED) is 0.735. The van der Waals surface area contributed by atoms with E-state index >= 15 is 0 Å². The summed E-state index contributed by atoms with van der Waals surface area (Å²) in [6, 6.07) is 11.3. The zero-order chi connectivity index (χ0) is 21.1. The molecule has 2 saturated heterocycles. The molecule has 2 aromatic rings. The van der Waals surface area contributed by atoms with E-state index in [1.165, 1.54) is 11.9 Å². The number of carbonyl (C=O) groups is 2. The Morgan fingerprint density at radius 1 is 1.13 bits per heavy atom. The molecule has 0 unspecified atom stereocenters. The van der Waals surface area contributed by atoms with Crippen LogP contribution in [0.1, 0.15) is 24.1 Å². The average molecular weight is 410 g/mol. The molecule has 4 rings (SSSR count). The van der Waals surface area contributed by atoms with Crippen molar-refractivity contribution in [2.75, 3.05) is 27.2 Å². The van der Waals surface area contributed by atoms with E-state index in [1.807, 2.05) is 36.4 Å². The fraction of sp³-hybridized carbons (Fsp3) is 0.409. The maximum Gasteiger partial charge on any atom is 0.324 e. The number of nitrogens with one attached hydrogen (secondary N) is 1. The van der Waals surface area contributed by atoms with Crippen LogP contribution >= 0.6 is 0 Å². The first kappa shape index (κ1) is 20.2. The highest BCUT2D eigenvalue weighted by atomic mass is 16.5. The molecule has 3 amide bonds. The molecule has 1 N–H and O–H groups in total. The van der Waals surface area contributed by atoms with Crippen molar-refractivity contribution in [3.63, 3.8) is 0 Å². The zero-order valence-corrected chi connectivity index (χ0v) is 17.3. The highest BCUT2D eigenvalue weighted by Gasteiger charge is 2.50. The minimum atomic E-state index is -0.737. The summed E-state index contributed by atoms with van der Waals surface area (Å²) in [5.41, 5.74) is 1.21. The number of amides is 3. The predicted molar refractivity (Wildman–Crippen MR) is 110 cm³/mol. The lowest BCUT2D eigenvalue weighted by Gasteiger charge is -2.37. The number of imide groups is 1. The van der Waals surface area contributed by atoms with Crippen LogP contribution in [0, 0.1) is 0 Å². The number of ether oxygens (including phenoxy) is 2. The summed E-state index contributed by atoms with van der Waals surface area (Å²) in [6.07, 6.45) is 2.97. The second-order valence-electron chi connectivity index (χ2n) is 7.75. The lowest BCUT2D eigenvalue weighted by molar-refractivity contribution is -0.132. The van der Waals surface area contributed by atoms with Gasteiger partial charge >= 0.3 is 6.03 Å². The second kappa shape index (κ2) is 8.31. The van der Waals surface area contributed by atoms with Crippen molar-refractivity contribution in [3.8, 4) is 11.5 Å². The van der Waals surface area contributed by atoms with Gasteiger partial charge in [-0.1, -0.05) is 12.1 Å². The molecule has 0 aliphatic carbocycles. The molecular formula is C22H26N4O4. The van der Waals surface area contributed by atoms with E-state index in [0.717, 1.165) is 30.9 Å². The number of rotatable bonds is 6. The highest BCUT2D eigenvalue weighted by Crippen LogP contribution is 2.32. The number of urea groups is 1. The summed E-state index contributed by atoms with van der Waals surface area (Å²) >= 11 is 0. The van der Waals surface area contributed by atoms with Crippen molar-refractivity contribution in [2.45, 2.75) is 31.5 Å². The van der Waals surface area contributed by atoms with Crippen LogP contribution in [0.15, 0.2) is 42.6 Å². The van der Waals surface area contributed by atoms with Gasteiger partial charge in [0.05, 0.1) is 12.8 Å². The van der Waals surface area contributed by atoms with Gasteiger partial charge in [-0.25, -0.2) is 4.79 Å². The Labute approximate surface area is 175 Å². The number of likely N-dealkylation sites (N-methyl/N-ethyl adjacent to an activating group) is 1. The first-order valence-corrected chi connectivity index (χ1v) is 10.0. The van der Waals surface area contributed by atoms with Gasteiger partial charge < -0.3 is 14.8 Å². The summed E-state index contributed by atoms with van der Waals surface area (Å²) in [4.78, 5) is 32.0. The number of benzene rings is 1. The molecule has 1 aromatic carbocycles. The Morgan fingerprint density at radius 3 is 2.57 bits per heavy atom. The van der Waals surface area contributed by atoms with Crippen molar-refractivity contribution in [2.24, 2.45) is 0 Å². The monoisotopic (exact) mass is 410 g/mol. The summed E-state index contributed by atoms with van der Waals surface area (Å²) in [5.74, 6) is 1.23. The molecular weight excluding hydrogens is 384 g/mol. The van der Waals surface area contributed by atoms with Crippen LogP contribution in [0.4, 0.5) is 4.79 Å². The molecule has 1 aromatic heterocycles. The number of likely N-dealkylation sites (tertiary alicyclic amines) is 1. The normalized spacial score (nSPS) is 18.5. The second-order valence-corrected chi connectivity index (χ2v) is 7.75. The third kappa shape index (κ3) is 3.95. The van der Waals surface area contributed by atoms with Gasteiger partial charge in [0.2, 0.25) is 0 Å². The Morgan fingerprint density at radius 2 is 1.93 bits per heavy atom. The molecule has 8 nitrogen and oxygen atoms in total. The Bertz CT molecular complexity index is 926. The minimum absolute atomic E-state index is 0.123. The van der Waals surface area contributed by atoms with Crippen LogP contribution < -0.4 is 14.8 Å². The highest BCUT2D eigenvalue weighted by molar-refractivity contribution is 6.06. The minimum Gasteiger partial charge on any atom is -0.493 e. The lowest BCUT2D eigenvalue weighted by atomic mass is 9.87. The van der Waals surface area contributed by atoms with Crippen LogP contribution in [0.25, 0.3) is 0 Å². The number of aromatic nitrogens is 1. The van der Waals surface area contributed by atoms with E-state index in [0.29, 0.717) is 30.9 Å². The van der Waals surface area contributed by atoms with E-state index in [-0.39, 0.29) is 11.9 Å². The maximum atomic E-state index is 12.5. The van der Waals surface area contributed by atoms with E-state index in [2.05, 4.69) is 15.2 Å². The van der Waals surface area contributed by atoms with E-state index in [1.54, 1.807) is 13.3 Å². The van der Waals surface area contributed by atoms with Crippen LogP contribution in [0.3, 0.4) is 0 Å². The van der Waals surface area contributed by atoms with E-state index in [9.17, 15) is 9.59 Å². The number of pyridine rings is 1.